The monoisotopic (exact) mass is 406 g/mol. The van der Waals surface area contributed by atoms with Gasteiger partial charge in [0.15, 0.2) is 11.5 Å². The highest BCUT2D eigenvalue weighted by molar-refractivity contribution is 6.31. The summed E-state index contributed by atoms with van der Waals surface area (Å²) in [6, 6.07) is 12.6. The van der Waals surface area contributed by atoms with Crippen molar-refractivity contribution in [1.82, 2.24) is 5.43 Å². The van der Waals surface area contributed by atoms with E-state index >= 15 is 0 Å². The van der Waals surface area contributed by atoms with Gasteiger partial charge in [0.2, 0.25) is 0 Å². The Morgan fingerprint density at radius 2 is 1.90 bits per heavy atom. The summed E-state index contributed by atoms with van der Waals surface area (Å²) in [5, 5.41) is 1.25. The van der Waals surface area contributed by atoms with Crippen LogP contribution in [0.4, 0.5) is 5.69 Å². The van der Waals surface area contributed by atoms with Crippen LogP contribution in [-0.4, -0.2) is 24.5 Å². The second kappa shape index (κ2) is 9.31. The molecular formula is C24H26N2O4. The fourth-order valence-electron chi connectivity index (χ4n) is 3.19. The van der Waals surface area contributed by atoms with Gasteiger partial charge in [0.05, 0.1) is 18.4 Å². The molecule has 2 aromatic rings. The van der Waals surface area contributed by atoms with E-state index in [2.05, 4.69) is 12.0 Å². The number of nitrogens with one attached hydrogen (secondary N) is 1. The first-order valence-corrected chi connectivity index (χ1v) is 9.94. The Labute approximate surface area is 176 Å². The Hall–Kier alpha value is -3.54. The Kier molecular flexibility index (Phi) is 6.57. The van der Waals surface area contributed by atoms with E-state index in [-0.39, 0.29) is 11.7 Å². The van der Waals surface area contributed by atoms with E-state index in [0.717, 1.165) is 5.56 Å². The van der Waals surface area contributed by atoms with E-state index < -0.39 is 11.8 Å². The average Bonchev–Trinajstić information content (AvgIpc) is 2.99. The van der Waals surface area contributed by atoms with E-state index in [4.69, 9.17) is 9.47 Å². The van der Waals surface area contributed by atoms with Gasteiger partial charge in [-0.2, -0.15) is 0 Å². The largest absolute Gasteiger partial charge is 0.490 e. The normalized spacial score (nSPS) is 14.9. The molecule has 1 aliphatic rings. The van der Waals surface area contributed by atoms with Crippen LogP contribution in [-0.2, 0) is 16.0 Å². The molecular weight excluding hydrogens is 380 g/mol. The number of ether oxygens (including phenoxy) is 2. The second-order valence-electron chi connectivity index (χ2n) is 7.07. The van der Waals surface area contributed by atoms with Crippen LogP contribution in [0.1, 0.15) is 31.9 Å². The quantitative estimate of drug-likeness (QED) is 0.408. The molecule has 0 bridgehead atoms. The Balaban J connectivity index is 2.02. The predicted molar refractivity (Wildman–Crippen MR) is 117 cm³/mol. The first-order valence-electron chi connectivity index (χ1n) is 9.94. The lowest BCUT2D eigenvalue weighted by Crippen LogP contribution is -2.35. The standard InChI is InChI=1S/C24H26N2O4/c1-5-10-18-13-17(15-21(29-6-2)22(18)30-16(3)4)14-20-23(27)25-26(24(20)28)19-11-8-7-9-12-19/h5,7-9,11-16H,1,6,10H2,2-4H3,(H,25,27). The third-order valence-corrected chi connectivity index (χ3v) is 4.39. The minimum absolute atomic E-state index is 0.0291. The van der Waals surface area contributed by atoms with Gasteiger partial charge in [-0.3, -0.25) is 15.0 Å². The van der Waals surface area contributed by atoms with Gasteiger partial charge in [-0.15, -0.1) is 6.58 Å². The summed E-state index contributed by atoms with van der Waals surface area (Å²) in [5.74, 6) is 0.372. The molecule has 0 radical (unpaired) electrons. The molecule has 2 amide bonds. The van der Waals surface area contributed by atoms with Gasteiger partial charge >= 0.3 is 0 Å². The lowest BCUT2D eigenvalue weighted by molar-refractivity contribution is -0.117. The third-order valence-electron chi connectivity index (χ3n) is 4.39. The summed E-state index contributed by atoms with van der Waals surface area (Å²) >= 11 is 0. The highest BCUT2D eigenvalue weighted by Gasteiger charge is 2.34. The molecule has 3 rings (SSSR count). The number of carbonyl (C=O) groups is 2. The van der Waals surface area contributed by atoms with Crippen molar-refractivity contribution in [2.45, 2.75) is 33.3 Å². The third kappa shape index (κ3) is 4.54. The van der Waals surface area contributed by atoms with Crippen LogP contribution < -0.4 is 19.9 Å². The molecule has 1 aliphatic heterocycles. The Morgan fingerprint density at radius 3 is 2.53 bits per heavy atom. The molecule has 0 spiro atoms. The first kappa shape index (κ1) is 21.2. The number of hydrogen-bond acceptors (Lipinski definition) is 4. The van der Waals surface area contributed by atoms with Crippen molar-refractivity contribution < 1.29 is 19.1 Å². The molecule has 6 nitrogen and oxygen atoms in total. The molecule has 0 unspecified atom stereocenters. The van der Waals surface area contributed by atoms with Gasteiger partial charge in [-0.05, 0) is 63.1 Å². The van der Waals surface area contributed by atoms with Crippen molar-refractivity contribution in [1.29, 1.82) is 0 Å². The maximum atomic E-state index is 12.9. The summed E-state index contributed by atoms with van der Waals surface area (Å²) in [7, 11) is 0. The summed E-state index contributed by atoms with van der Waals surface area (Å²) in [6.45, 7) is 10.1. The van der Waals surface area contributed by atoms with E-state index in [1.807, 2.05) is 32.9 Å². The van der Waals surface area contributed by atoms with Gasteiger partial charge in [0.1, 0.15) is 5.57 Å². The minimum atomic E-state index is -0.449. The number of anilines is 1. The minimum Gasteiger partial charge on any atom is -0.490 e. The molecule has 1 N–H and O–H groups in total. The van der Waals surface area contributed by atoms with Gasteiger partial charge in [-0.25, -0.2) is 5.01 Å². The van der Waals surface area contributed by atoms with Crippen LogP contribution in [0.2, 0.25) is 0 Å². The van der Waals surface area contributed by atoms with Crippen molar-refractivity contribution >= 4 is 23.6 Å². The topological polar surface area (TPSA) is 67.9 Å². The average molecular weight is 406 g/mol. The van der Waals surface area contributed by atoms with Crippen molar-refractivity contribution in [2.24, 2.45) is 0 Å². The number of nitrogens with zero attached hydrogens (tertiary/aromatic N) is 1. The number of carbonyl (C=O) groups excluding carboxylic acids is 2. The highest BCUT2D eigenvalue weighted by atomic mass is 16.5. The number of hydrogen-bond donors (Lipinski definition) is 1. The van der Waals surface area contributed by atoms with Gasteiger partial charge in [-0.1, -0.05) is 24.3 Å². The van der Waals surface area contributed by atoms with Crippen molar-refractivity contribution in [2.75, 3.05) is 11.6 Å². The SMILES string of the molecule is C=CCc1cc(C=C2C(=O)NN(c3ccccc3)C2=O)cc(OCC)c1OC(C)C. The molecule has 0 aliphatic carbocycles. The smallest absolute Gasteiger partial charge is 0.282 e. The summed E-state index contributed by atoms with van der Waals surface area (Å²) in [6.07, 6.45) is 3.89. The number of para-hydroxylation sites is 1. The maximum absolute atomic E-state index is 12.9. The number of hydrazine groups is 1. The molecule has 1 heterocycles. The molecule has 156 valence electrons. The summed E-state index contributed by atoms with van der Waals surface area (Å²) < 4.78 is 11.8. The molecule has 0 saturated carbocycles. The van der Waals surface area contributed by atoms with E-state index in [1.54, 1.807) is 42.5 Å². The fourth-order valence-corrected chi connectivity index (χ4v) is 3.19. The second-order valence-corrected chi connectivity index (χ2v) is 7.07. The summed E-state index contributed by atoms with van der Waals surface area (Å²) in [4.78, 5) is 25.3. The number of benzene rings is 2. The predicted octanol–water partition coefficient (Wildman–Crippen LogP) is 4.06. The van der Waals surface area contributed by atoms with Crippen LogP contribution in [0.5, 0.6) is 11.5 Å². The molecule has 1 saturated heterocycles. The van der Waals surface area contributed by atoms with Crippen LogP contribution in [0.3, 0.4) is 0 Å². The van der Waals surface area contributed by atoms with Crippen LogP contribution in [0.15, 0.2) is 60.7 Å². The molecule has 2 aromatic carbocycles. The number of amides is 2. The molecule has 0 aromatic heterocycles. The van der Waals surface area contributed by atoms with E-state index in [0.29, 0.717) is 35.8 Å². The summed E-state index contributed by atoms with van der Waals surface area (Å²) in [5.41, 5.74) is 4.83. The van der Waals surface area contributed by atoms with E-state index in [1.165, 1.54) is 5.01 Å². The first-order chi connectivity index (χ1) is 14.4. The van der Waals surface area contributed by atoms with Gasteiger partial charge in [0, 0.05) is 5.56 Å². The molecule has 6 heteroatoms. The van der Waals surface area contributed by atoms with Crippen LogP contribution in [0, 0.1) is 0 Å². The maximum Gasteiger partial charge on any atom is 0.282 e. The lowest BCUT2D eigenvalue weighted by atomic mass is 10.0. The van der Waals surface area contributed by atoms with Gasteiger partial charge < -0.3 is 9.47 Å². The van der Waals surface area contributed by atoms with Crippen molar-refractivity contribution in [3.8, 4) is 11.5 Å². The molecule has 1 fully saturated rings. The Bertz CT molecular complexity index is 980. The zero-order valence-electron chi connectivity index (χ0n) is 17.5. The van der Waals surface area contributed by atoms with E-state index in [9.17, 15) is 9.59 Å². The Morgan fingerprint density at radius 1 is 1.17 bits per heavy atom. The van der Waals surface area contributed by atoms with Crippen molar-refractivity contribution in [3.05, 3.63) is 71.8 Å². The zero-order valence-corrected chi connectivity index (χ0v) is 17.5. The molecule has 30 heavy (non-hydrogen) atoms. The highest BCUT2D eigenvalue weighted by Crippen LogP contribution is 2.36. The van der Waals surface area contributed by atoms with Crippen molar-refractivity contribution in [3.63, 3.8) is 0 Å². The number of allylic oxidation sites excluding steroid dienone is 1. The fraction of sp³-hybridized carbons (Fsp3) is 0.250. The molecule has 0 atom stereocenters. The number of rotatable bonds is 8. The van der Waals surface area contributed by atoms with Crippen LogP contribution in [0.25, 0.3) is 6.08 Å². The lowest BCUT2D eigenvalue weighted by Gasteiger charge is -2.19. The van der Waals surface area contributed by atoms with Gasteiger partial charge in [0.25, 0.3) is 11.8 Å². The zero-order chi connectivity index (χ0) is 21.7. The van der Waals surface area contributed by atoms with Crippen LogP contribution >= 0.6 is 0 Å².